The molecule has 2 aromatic rings. The Hall–Kier alpha value is -2.53. The van der Waals surface area contributed by atoms with Gasteiger partial charge in [0.2, 0.25) is 0 Å². The summed E-state index contributed by atoms with van der Waals surface area (Å²) < 4.78 is 0. The fourth-order valence-corrected chi connectivity index (χ4v) is 4.44. The van der Waals surface area contributed by atoms with Crippen molar-refractivity contribution in [1.82, 2.24) is 9.80 Å². The summed E-state index contributed by atoms with van der Waals surface area (Å²) >= 11 is 0. The summed E-state index contributed by atoms with van der Waals surface area (Å²) in [5.41, 5.74) is 4.69. The van der Waals surface area contributed by atoms with Gasteiger partial charge in [0, 0.05) is 38.3 Å². The van der Waals surface area contributed by atoms with Gasteiger partial charge in [-0.15, -0.1) is 0 Å². The summed E-state index contributed by atoms with van der Waals surface area (Å²) in [6.45, 7) is 4.33. The van der Waals surface area contributed by atoms with Crippen LogP contribution in [0.2, 0.25) is 0 Å². The fourth-order valence-electron chi connectivity index (χ4n) is 4.44. The van der Waals surface area contributed by atoms with Crippen LogP contribution in [0.5, 0.6) is 0 Å². The predicted octanol–water partition coefficient (Wildman–Crippen LogP) is 4.05. The molecule has 2 aliphatic rings. The molecular formula is C24H29N3O2. The molecule has 4 rings (SSSR count). The van der Waals surface area contributed by atoms with Crippen LogP contribution in [0.3, 0.4) is 0 Å². The Labute approximate surface area is 172 Å². The molecular weight excluding hydrogens is 362 g/mol. The zero-order chi connectivity index (χ0) is 20.1. The van der Waals surface area contributed by atoms with E-state index in [4.69, 9.17) is 0 Å². The molecule has 1 unspecified atom stereocenters. The Bertz CT molecular complexity index is 843. The van der Waals surface area contributed by atoms with Crippen molar-refractivity contribution >= 4 is 5.91 Å². The molecule has 2 heterocycles. The summed E-state index contributed by atoms with van der Waals surface area (Å²) in [5.74, 6) is 0.131. The topological polar surface area (TPSA) is 53.0 Å². The van der Waals surface area contributed by atoms with Crippen LogP contribution < -0.4 is 0 Å². The minimum absolute atomic E-state index is 0.131. The molecule has 1 saturated heterocycles. The van der Waals surface area contributed by atoms with Crippen molar-refractivity contribution in [2.24, 2.45) is 5.18 Å². The third kappa shape index (κ3) is 4.91. The zero-order valence-electron chi connectivity index (χ0n) is 16.9. The third-order valence-electron chi connectivity index (χ3n) is 6.19. The Morgan fingerprint density at radius 3 is 2.41 bits per heavy atom. The van der Waals surface area contributed by atoms with E-state index in [0.29, 0.717) is 6.54 Å². The molecule has 5 heteroatoms. The van der Waals surface area contributed by atoms with Crippen molar-refractivity contribution in [2.45, 2.75) is 44.7 Å². The van der Waals surface area contributed by atoms with Gasteiger partial charge in [-0.25, -0.2) is 0 Å². The molecule has 5 nitrogen and oxygen atoms in total. The Morgan fingerprint density at radius 2 is 1.69 bits per heavy atom. The van der Waals surface area contributed by atoms with Crippen molar-refractivity contribution in [1.29, 1.82) is 0 Å². The summed E-state index contributed by atoms with van der Waals surface area (Å²) in [6, 6.07) is 16.2. The van der Waals surface area contributed by atoms with Crippen LogP contribution in [0, 0.1) is 4.91 Å². The molecule has 0 saturated carbocycles. The minimum Gasteiger partial charge on any atom is -0.339 e. The lowest BCUT2D eigenvalue weighted by molar-refractivity contribution is 0.0793. The first-order chi connectivity index (χ1) is 14.2. The normalized spacial score (nSPS) is 17.7. The van der Waals surface area contributed by atoms with Crippen molar-refractivity contribution in [2.75, 3.05) is 26.2 Å². The van der Waals surface area contributed by atoms with Gasteiger partial charge < -0.3 is 4.90 Å². The molecule has 0 spiro atoms. The molecule has 0 bridgehead atoms. The lowest BCUT2D eigenvalue weighted by atomic mass is 9.98. The molecule has 2 aromatic carbocycles. The molecule has 0 radical (unpaired) electrons. The highest BCUT2D eigenvalue weighted by molar-refractivity contribution is 5.94. The number of hydrogen-bond donors (Lipinski definition) is 0. The largest absolute Gasteiger partial charge is 0.339 e. The van der Waals surface area contributed by atoms with Gasteiger partial charge >= 0.3 is 0 Å². The number of carbonyl (C=O) groups excluding carboxylic acids is 1. The monoisotopic (exact) mass is 391 g/mol. The number of nitroso groups, excluding NO2 is 1. The SMILES string of the molecule is O=NC(CCc1ccc(C(=O)N2CCCC2)cc1)CN1CCc2ccccc2C1. The van der Waals surface area contributed by atoms with Crippen molar-refractivity contribution in [3.05, 3.63) is 75.7 Å². The number of hydrogen-bond acceptors (Lipinski definition) is 4. The predicted molar refractivity (Wildman–Crippen MR) is 115 cm³/mol. The van der Waals surface area contributed by atoms with E-state index in [2.05, 4.69) is 34.3 Å². The van der Waals surface area contributed by atoms with E-state index in [1.807, 2.05) is 29.2 Å². The summed E-state index contributed by atoms with van der Waals surface area (Å²) in [7, 11) is 0. The highest BCUT2D eigenvalue weighted by Crippen LogP contribution is 2.20. The minimum atomic E-state index is -0.203. The average molecular weight is 392 g/mol. The smallest absolute Gasteiger partial charge is 0.253 e. The van der Waals surface area contributed by atoms with Crippen LogP contribution in [-0.4, -0.2) is 47.9 Å². The van der Waals surface area contributed by atoms with Gasteiger partial charge in [-0.05, 0) is 60.9 Å². The van der Waals surface area contributed by atoms with E-state index in [1.165, 1.54) is 11.1 Å². The van der Waals surface area contributed by atoms with E-state index >= 15 is 0 Å². The Balaban J connectivity index is 1.28. The summed E-state index contributed by atoms with van der Waals surface area (Å²) in [5, 5.41) is 3.40. The van der Waals surface area contributed by atoms with Gasteiger partial charge in [-0.2, -0.15) is 4.91 Å². The number of amides is 1. The van der Waals surface area contributed by atoms with Crippen molar-refractivity contribution in [3.8, 4) is 0 Å². The second-order valence-electron chi connectivity index (χ2n) is 8.25. The van der Waals surface area contributed by atoms with Gasteiger partial charge in [0.05, 0.1) is 0 Å². The van der Waals surface area contributed by atoms with Crippen LogP contribution in [0.4, 0.5) is 0 Å². The number of carbonyl (C=O) groups is 1. The lowest BCUT2D eigenvalue weighted by Crippen LogP contribution is -2.36. The quantitative estimate of drug-likeness (QED) is 0.669. The average Bonchev–Trinajstić information content (AvgIpc) is 3.31. The zero-order valence-corrected chi connectivity index (χ0v) is 16.9. The first-order valence-corrected chi connectivity index (χ1v) is 10.7. The van der Waals surface area contributed by atoms with Gasteiger partial charge in [0.25, 0.3) is 5.91 Å². The highest BCUT2D eigenvalue weighted by atomic mass is 16.3. The van der Waals surface area contributed by atoms with Crippen LogP contribution in [-0.2, 0) is 19.4 Å². The molecule has 152 valence electrons. The highest BCUT2D eigenvalue weighted by Gasteiger charge is 2.21. The molecule has 29 heavy (non-hydrogen) atoms. The Kier molecular flexibility index (Phi) is 6.35. The number of aryl methyl sites for hydroxylation is 1. The molecule has 2 aliphatic heterocycles. The lowest BCUT2D eigenvalue weighted by Gasteiger charge is -2.30. The van der Waals surface area contributed by atoms with Gasteiger partial charge in [-0.3, -0.25) is 9.69 Å². The van der Waals surface area contributed by atoms with Gasteiger partial charge in [0.1, 0.15) is 6.04 Å². The summed E-state index contributed by atoms with van der Waals surface area (Å²) in [6.07, 6.45) is 4.79. The second kappa shape index (κ2) is 9.31. The van der Waals surface area contributed by atoms with Crippen LogP contribution in [0.25, 0.3) is 0 Å². The summed E-state index contributed by atoms with van der Waals surface area (Å²) in [4.78, 5) is 28.1. The van der Waals surface area contributed by atoms with E-state index < -0.39 is 0 Å². The number of likely N-dealkylation sites (tertiary alicyclic amines) is 1. The number of nitrogens with zero attached hydrogens (tertiary/aromatic N) is 3. The first kappa shape index (κ1) is 19.8. The molecule has 0 aromatic heterocycles. The van der Waals surface area contributed by atoms with E-state index in [1.54, 1.807) is 0 Å². The number of benzene rings is 2. The second-order valence-corrected chi connectivity index (χ2v) is 8.25. The van der Waals surface area contributed by atoms with E-state index in [9.17, 15) is 9.70 Å². The van der Waals surface area contributed by atoms with Crippen LogP contribution >= 0.6 is 0 Å². The maximum atomic E-state index is 12.4. The van der Waals surface area contributed by atoms with Crippen LogP contribution in [0.15, 0.2) is 53.7 Å². The third-order valence-corrected chi connectivity index (χ3v) is 6.19. The molecule has 0 aliphatic carbocycles. The number of fused-ring (bicyclic) bond motifs is 1. The molecule has 1 amide bonds. The number of rotatable bonds is 7. The van der Waals surface area contributed by atoms with Gasteiger partial charge in [0.15, 0.2) is 0 Å². The molecule has 1 fully saturated rings. The first-order valence-electron chi connectivity index (χ1n) is 10.7. The molecule has 1 atom stereocenters. The maximum absolute atomic E-state index is 12.4. The maximum Gasteiger partial charge on any atom is 0.253 e. The molecule has 0 N–H and O–H groups in total. The van der Waals surface area contributed by atoms with E-state index in [0.717, 1.165) is 69.4 Å². The standard InChI is InChI=1S/C24H29N3O2/c28-24(27-14-3-4-15-27)21-10-7-19(8-11-21)9-12-23(25-29)18-26-16-13-20-5-1-2-6-22(20)17-26/h1-2,5-8,10-11,23H,3-4,9,12-18H2. The van der Waals surface area contributed by atoms with Gasteiger partial charge in [-0.1, -0.05) is 41.6 Å². The van der Waals surface area contributed by atoms with Crippen molar-refractivity contribution < 1.29 is 4.79 Å². The van der Waals surface area contributed by atoms with Crippen molar-refractivity contribution in [3.63, 3.8) is 0 Å². The van der Waals surface area contributed by atoms with E-state index in [-0.39, 0.29) is 11.9 Å². The fraction of sp³-hybridized carbons (Fsp3) is 0.458. The Morgan fingerprint density at radius 1 is 0.966 bits per heavy atom. The van der Waals surface area contributed by atoms with Crippen LogP contribution in [0.1, 0.15) is 46.3 Å².